The van der Waals surface area contributed by atoms with Crippen LogP contribution in [0, 0.1) is 0 Å². The Morgan fingerprint density at radius 3 is 3.12 bits per heavy atom. The van der Waals surface area contributed by atoms with Gasteiger partial charge in [0, 0.05) is 22.3 Å². The molecule has 0 fully saturated rings. The van der Waals surface area contributed by atoms with Crippen molar-refractivity contribution in [2.75, 3.05) is 0 Å². The summed E-state index contributed by atoms with van der Waals surface area (Å²) < 4.78 is 5.64. The average molecular weight is 248 g/mol. The molecule has 1 unspecified atom stereocenters. The smallest absolute Gasteiger partial charge is 0.127 e. The number of fused-ring (bicyclic) bond motifs is 2. The van der Waals surface area contributed by atoms with Crippen molar-refractivity contribution in [2.24, 2.45) is 0 Å². The molecule has 0 radical (unpaired) electrons. The number of nitrogens with zero attached hydrogens (tertiary/aromatic N) is 1. The van der Waals surface area contributed by atoms with Gasteiger partial charge < -0.3 is 9.84 Å². The first-order valence-electron chi connectivity index (χ1n) is 5.30. The van der Waals surface area contributed by atoms with Gasteiger partial charge in [-0.25, -0.2) is 0 Å². The number of hydrogen-bond donors (Lipinski definition) is 1. The number of aliphatic hydroxyl groups is 1. The van der Waals surface area contributed by atoms with Gasteiger partial charge in [0.05, 0.1) is 5.69 Å². The lowest BCUT2D eigenvalue weighted by atomic mass is 10.0. The molecule has 3 nitrogen and oxygen atoms in total. The Bertz CT molecular complexity index is 571. The summed E-state index contributed by atoms with van der Waals surface area (Å²) in [6.45, 7) is 0.396. The summed E-state index contributed by atoms with van der Waals surface area (Å²) in [5.74, 6) is 0.614. The van der Waals surface area contributed by atoms with E-state index in [1.54, 1.807) is 24.4 Å². The topological polar surface area (TPSA) is 42.4 Å². The largest absolute Gasteiger partial charge is 0.488 e. The van der Waals surface area contributed by atoms with Crippen LogP contribution in [0.4, 0.5) is 0 Å². The number of aromatic nitrogens is 1. The number of ether oxygens (including phenoxy) is 1. The van der Waals surface area contributed by atoms with E-state index in [4.69, 9.17) is 16.3 Å². The predicted molar refractivity (Wildman–Crippen MR) is 64.1 cm³/mol. The van der Waals surface area contributed by atoms with Crippen molar-refractivity contribution in [3.8, 4) is 5.75 Å². The third kappa shape index (κ3) is 1.77. The molecule has 1 N–H and O–H groups in total. The van der Waals surface area contributed by atoms with Gasteiger partial charge in [-0.05, 0) is 18.2 Å². The summed E-state index contributed by atoms with van der Waals surface area (Å²) >= 11 is 5.91. The van der Waals surface area contributed by atoms with Crippen LogP contribution in [-0.2, 0) is 6.61 Å². The average Bonchev–Trinajstić information content (AvgIpc) is 2.48. The van der Waals surface area contributed by atoms with Crippen molar-refractivity contribution in [1.29, 1.82) is 0 Å². The van der Waals surface area contributed by atoms with E-state index in [2.05, 4.69) is 4.98 Å². The van der Waals surface area contributed by atoms with Gasteiger partial charge in [0.25, 0.3) is 0 Å². The first-order valence-corrected chi connectivity index (χ1v) is 5.67. The Kier molecular flexibility index (Phi) is 2.50. The number of hydrogen-bond acceptors (Lipinski definition) is 3. The normalized spacial score (nSPS) is 17.6. The SMILES string of the molecule is OC1c2ccc(Cl)cc2OCc2cccnc21. The Morgan fingerprint density at radius 2 is 2.24 bits per heavy atom. The minimum absolute atomic E-state index is 0.396. The number of rotatable bonds is 0. The zero-order chi connectivity index (χ0) is 11.8. The Morgan fingerprint density at radius 1 is 1.35 bits per heavy atom. The van der Waals surface area contributed by atoms with Gasteiger partial charge in [0.15, 0.2) is 0 Å². The maximum absolute atomic E-state index is 10.3. The molecule has 0 saturated carbocycles. The molecule has 1 atom stereocenters. The molecule has 0 amide bonds. The molecule has 2 heterocycles. The van der Waals surface area contributed by atoms with Crippen molar-refractivity contribution in [1.82, 2.24) is 4.98 Å². The third-order valence-electron chi connectivity index (χ3n) is 2.84. The van der Waals surface area contributed by atoms with E-state index in [1.165, 1.54) is 0 Å². The van der Waals surface area contributed by atoms with E-state index in [1.807, 2.05) is 12.1 Å². The van der Waals surface area contributed by atoms with Gasteiger partial charge >= 0.3 is 0 Å². The van der Waals surface area contributed by atoms with Crippen LogP contribution in [0.15, 0.2) is 36.5 Å². The lowest BCUT2D eigenvalue weighted by Gasteiger charge is -2.11. The van der Waals surface area contributed by atoms with E-state index >= 15 is 0 Å². The van der Waals surface area contributed by atoms with Crippen LogP contribution in [0.2, 0.25) is 5.02 Å². The van der Waals surface area contributed by atoms with Crippen LogP contribution in [-0.4, -0.2) is 10.1 Å². The van der Waals surface area contributed by atoms with Crippen molar-refractivity contribution < 1.29 is 9.84 Å². The van der Waals surface area contributed by atoms with E-state index in [0.717, 1.165) is 5.56 Å². The van der Waals surface area contributed by atoms with E-state index < -0.39 is 6.10 Å². The van der Waals surface area contributed by atoms with Gasteiger partial charge in [-0.15, -0.1) is 0 Å². The van der Waals surface area contributed by atoms with Crippen LogP contribution in [0.5, 0.6) is 5.75 Å². The second-order valence-electron chi connectivity index (χ2n) is 3.92. The van der Waals surface area contributed by atoms with Gasteiger partial charge in [0.2, 0.25) is 0 Å². The molecule has 1 aromatic heterocycles. The molecule has 4 heteroatoms. The maximum atomic E-state index is 10.3. The molecular weight excluding hydrogens is 238 g/mol. The first-order chi connectivity index (χ1) is 8.25. The molecule has 86 valence electrons. The maximum Gasteiger partial charge on any atom is 0.127 e. The summed E-state index contributed by atoms with van der Waals surface area (Å²) in [7, 11) is 0. The second-order valence-corrected chi connectivity index (χ2v) is 4.36. The molecule has 1 aliphatic heterocycles. The lowest BCUT2D eigenvalue weighted by molar-refractivity contribution is 0.213. The minimum atomic E-state index is -0.763. The number of benzene rings is 1. The van der Waals surface area contributed by atoms with Crippen LogP contribution >= 0.6 is 11.6 Å². The highest BCUT2D eigenvalue weighted by atomic mass is 35.5. The summed E-state index contributed by atoms with van der Waals surface area (Å²) in [4.78, 5) is 4.22. The molecule has 1 aromatic carbocycles. The highest BCUT2D eigenvalue weighted by Crippen LogP contribution is 2.35. The number of halogens is 1. The first kappa shape index (κ1) is 10.6. The zero-order valence-corrected chi connectivity index (χ0v) is 9.69. The summed E-state index contributed by atoms with van der Waals surface area (Å²) in [6, 6.07) is 8.95. The predicted octanol–water partition coefficient (Wildman–Crippen LogP) is 2.71. The fraction of sp³-hybridized carbons (Fsp3) is 0.154. The van der Waals surface area contributed by atoms with Crippen LogP contribution in [0.1, 0.15) is 22.9 Å². The van der Waals surface area contributed by atoms with Crippen molar-refractivity contribution in [3.63, 3.8) is 0 Å². The Balaban J connectivity index is 2.16. The fourth-order valence-electron chi connectivity index (χ4n) is 1.98. The van der Waals surface area contributed by atoms with E-state index in [0.29, 0.717) is 28.6 Å². The highest BCUT2D eigenvalue weighted by Gasteiger charge is 2.23. The molecule has 17 heavy (non-hydrogen) atoms. The molecule has 0 aliphatic carbocycles. The highest BCUT2D eigenvalue weighted by molar-refractivity contribution is 6.30. The summed E-state index contributed by atoms with van der Waals surface area (Å²) in [5.41, 5.74) is 2.24. The van der Waals surface area contributed by atoms with Crippen molar-refractivity contribution in [2.45, 2.75) is 12.7 Å². The molecule has 0 saturated heterocycles. The standard InChI is InChI=1S/C13H10ClNO2/c14-9-3-4-10-11(6-9)17-7-8-2-1-5-15-12(8)13(10)16/h1-6,13,16H,7H2. The quantitative estimate of drug-likeness (QED) is 0.778. The molecule has 0 bridgehead atoms. The van der Waals surface area contributed by atoms with Gasteiger partial charge in [-0.1, -0.05) is 23.7 Å². The minimum Gasteiger partial charge on any atom is -0.488 e. The van der Waals surface area contributed by atoms with Crippen molar-refractivity contribution in [3.05, 3.63) is 58.4 Å². The Hall–Kier alpha value is -1.58. The fourth-order valence-corrected chi connectivity index (χ4v) is 2.14. The number of aliphatic hydroxyl groups excluding tert-OH is 1. The zero-order valence-electron chi connectivity index (χ0n) is 8.93. The van der Waals surface area contributed by atoms with Gasteiger partial charge in [-0.3, -0.25) is 4.98 Å². The van der Waals surface area contributed by atoms with Crippen molar-refractivity contribution >= 4 is 11.6 Å². The van der Waals surface area contributed by atoms with Gasteiger partial charge in [-0.2, -0.15) is 0 Å². The number of pyridine rings is 1. The molecule has 3 rings (SSSR count). The lowest BCUT2D eigenvalue weighted by Crippen LogP contribution is -2.03. The van der Waals surface area contributed by atoms with Crippen LogP contribution in [0.25, 0.3) is 0 Å². The molecular formula is C13H10ClNO2. The van der Waals surface area contributed by atoms with E-state index in [9.17, 15) is 5.11 Å². The monoisotopic (exact) mass is 247 g/mol. The van der Waals surface area contributed by atoms with Gasteiger partial charge in [0.1, 0.15) is 18.5 Å². The third-order valence-corrected chi connectivity index (χ3v) is 3.07. The molecule has 2 aromatic rings. The second kappa shape index (κ2) is 4.02. The van der Waals surface area contributed by atoms with Crippen LogP contribution in [0.3, 0.4) is 0 Å². The summed E-state index contributed by atoms with van der Waals surface area (Å²) in [5, 5.41) is 10.9. The Labute approximate surface area is 104 Å². The molecule has 1 aliphatic rings. The van der Waals surface area contributed by atoms with Crippen LogP contribution < -0.4 is 4.74 Å². The molecule has 0 spiro atoms. The van der Waals surface area contributed by atoms with E-state index in [-0.39, 0.29) is 0 Å². The summed E-state index contributed by atoms with van der Waals surface area (Å²) in [6.07, 6.45) is 0.907.